The molecule has 160 valence electrons. The standard InChI is InChI=1S/C30H36N/c1-22-7-3-6-10-29(22)30-21-28(19-20-31(30)2)27-17-15-26(16-18-27)25-13-11-24(12-14-25)23-8-4-5-9-23/h3,6-7,10,15-21,23-25H,4-5,8-9,11-14H2,1-2H3/q+1. The number of aromatic nitrogens is 1. The van der Waals surface area contributed by atoms with Crippen molar-refractivity contribution in [2.75, 3.05) is 0 Å². The van der Waals surface area contributed by atoms with E-state index in [4.69, 9.17) is 0 Å². The van der Waals surface area contributed by atoms with Gasteiger partial charge in [0.15, 0.2) is 6.20 Å². The fourth-order valence-corrected chi connectivity index (χ4v) is 6.18. The molecule has 0 radical (unpaired) electrons. The monoisotopic (exact) mass is 410 g/mol. The van der Waals surface area contributed by atoms with Crippen molar-refractivity contribution in [1.29, 1.82) is 0 Å². The summed E-state index contributed by atoms with van der Waals surface area (Å²) in [6.07, 6.45) is 13.8. The minimum atomic E-state index is 0.766. The molecule has 0 atom stereocenters. The van der Waals surface area contributed by atoms with E-state index >= 15 is 0 Å². The first-order chi connectivity index (χ1) is 15.2. The largest absolute Gasteiger partial charge is 0.213 e. The van der Waals surface area contributed by atoms with Crippen LogP contribution in [-0.2, 0) is 7.05 Å². The molecule has 0 N–H and O–H groups in total. The summed E-state index contributed by atoms with van der Waals surface area (Å²) in [6.45, 7) is 2.19. The molecule has 0 aliphatic heterocycles. The molecule has 5 rings (SSSR count). The lowest BCUT2D eigenvalue weighted by Crippen LogP contribution is -2.30. The zero-order chi connectivity index (χ0) is 21.2. The van der Waals surface area contributed by atoms with Crippen molar-refractivity contribution in [2.24, 2.45) is 18.9 Å². The van der Waals surface area contributed by atoms with Gasteiger partial charge in [0.1, 0.15) is 7.05 Å². The van der Waals surface area contributed by atoms with Crippen molar-refractivity contribution >= 4 is 0 Å². The predicted molar refractivity (Wildman–Crippen MR) is 130 cm³/mol. The maximum Gasteiger partial charge on any atom is 0.213 e. The number of rotatable bonds is 4. The highest BCUT2D eigenvalue weighted by atomic mass is 14.9. The Morgan fingerprint density at radius 1 is 0.710 bits per heavy atom. The van der Waals surface area contributed by atoms with Crippen LogP contribution in [0.5, 0.6) is 0 Å². The van der Waals surface area contributed by atoms with E-state index in [1.807, 2.05) is 0 Å². The number of hydrogen-bond donors (Lipinski definition) is 0. The van der Waals surface area contributed by atoms with Crippen LogP contribution >= 0.6 is 0 Å². The van der Waals surface area contributed by atoms with E-state index in [0.717, 1.165) is 17.8 Å². The Kier molecular flexibility index (Phi) is 5.94. The third-order valence-electron chi connectivity index (χ3n) is 8.12. The molecule has 0 saturated heterocycles. The van der Waals surface area contributed by atoms with Crippen LogP contribution in [0, 0.1) is 18.8 Å². The smallest absolute Gasteiger partial charge is 0.201 e. The van der Waals surface area contributed by atoms with Crippen molar-refractivity contribution in [3.63, 3.8) is 0 Å². The van der Waals surface area contributed by atoms with Gasteiger partial charge in [0, 0.05) is 17.7 Å². The Labute approximate surface area is 188 Å². The lowest BCUT2D eigenvalue weighted by Gasteiger charge is -2.32. The summed E-state index contributed by atoms with van der Waals surface area (Å²) in [7, 11) is 2.14. The SMILES string of the molecule is Cc1ccccc1-c1cc(-c2ccc(C3CCC(C4CCCC4)CC3)cc2)cc[n+]1C. The molecule has 2 aliphatic rings. The Morgan fingerprint density at radius 3 is 2.10 bits per heavy atom. The summed E-state index contributed by atoms with van der Waals surface area (Å²) in [4.78, 5) is 0. The molecule has 2 fully saturated rings. The van der Waals surface area contributed by atoms with Crippen molar-refractivity contribution < 1.29 is 4.57 Å². The molecule has 2 aliphatic carbocycles. The van der Waals surface area contributed by atoms with E-state index in [2.05, 4.69) is 85.4 Å². The van der Waals surface area contributed by atoms with Gasteiger partial charge in [-0.1, -0.05) is 68.1 Å². The molecular weight excluding hydrogens is 374 g/mol. The average Bonchev–Trinajstić information content (AvgIpc) is 3.35. The van der Waals surface area contributed by atoms with Gasteiger partial charge < -0.3 is 0 Å². The number of pyridine rings is 1. The van der Waals surface area contributed by atoms with Crippen LogP contribution in [0.1, 0.15) is 68.4 Å². The second-order valence-electron chi connectivity index (χ2n) is 10.0. The van der Waals surface area contributed by atoms with Crippen LogP contribution in [0.2, 0.25) is 0 Å². The van der Waals surface area contributed by atoms with Gasteiger partial charge in [-0.3, -0.25) is 0 Å². The topological polar surface area (TPSA) is 3.88 Å². The fourth-order valence-electron chi connectivity index (χ4n) is 6.18. The average molecular weight is 411 g/mol. The summed E-state index contributed by atoms with van der Waals surface area (Å²) < 4.78 is 2.23. The van der Waals surface area contributed by atoms with Crippen molar-refractivity contribution in [2.45, 2.75) is 64.2 Å². The van der Waals surface area contributed by atoms with Gasteiger partial charge in [0.05, 0.1) is 0 Å². The molecule has 0 bridgehead atoms. The Morgan fingerprint density at radius 2 is 1.39 bits per heavy atom. The van der Waals surface area contributed by atoms with Crippen LogP contribution in [0.15, 0.2) is 66.9 Å². The molecule has 2 aromatic carbocycles. The molecule has 1 nitrogen and oxygen atoms in total. The van der Waals surface area contributed by atoms with Gasteiger partial charge in [-0.05, 0) is 78.7 Å². The lowest BCUT2D eigenvalue weighted by atomic mass is 9.73. The summed E-state index contributed by atoms with van der Waals surface area (Å²) in [5, 5.41) is 0. The molecule has 1 heteroatoms. The number of hydrogen-bond acceptors (Lipinski definition) is 0. The predicted octanol–water partition coefficient (Wildman–Crippen LogP) is 7.62. The van der Waals surface area contributed by atoms with E-state index in [1.54, 1.807) is 5.56 Å². The van der Waals surface area contributed by atoms with Gasteiger partial charge in [0.2, 0.25) is 5.69 Å². The zero-order valence-electron chi connectivity index (χ0n) is 19.2. The van der Waals surface area contributed by atoms with E-state index in [9.17, 15) is 0 Å². The Hall–Kier alpha value is -2.41. The molecule has 0 spiro atoms. The quantitative estimate of drug-likeness (QED) is 0.390. The van der Waals surface area contributed by atoms with Gasteiger partial charge in [-0.15, -0.1) is 0 Å². The number of benzene rings is 2. The normalized spacial score (nSPS) is 22.0. The first kappa shape index (κ1) is 20.5. The summed E-state index contributed by atoms with van der Waals surface area (Å²) in [5.74, 6) is 2.83. The van der Waals surface area contributed by atoms with E-state index in [1.165, 1.54) is 79.3 Å². The molecule has 0 amide bonds. The van der Waals surface area contributed by atoms with E-state index in [-0.39, 0.29) is 0 Å². The van der Waals surface area contributed by atoms with Crippen LogP contribution in [-0.4, -0.2) is 0 Å². The van der Waals surface area contributed by atoms with Gasteiger partial charge >= 0.3 is 0 Å². The first-order valence-electron chi connectivity index (χ1n) is 12.3. The fraction of sp³-hybridized carbons (Fsp3) is 0.433. The highest BCUT2D eigenvalue weighted by Crippen LogP contribution is 2.43. The molecule has 3 aromatic rings. The summed E-state index contributed by atoms with van der Waals surface area (Å²) in [6, 6.07) is 22.7. The van der Waals surface area contributed by atoms with E-state index in [0.29, 0.717) is 0 Å². The van der Waals surface area contributed by atoms with Gasteiger partial charge in [-0.2, -0.15) is 0 Å². The van der Waals surface area contributed by atoms with Crippen molar-refractivity contribution in [3.05, 3.63) is 78.0 Å². The van der Waals surface area contributed by atoms with Gasteiger partial charge in [-0.25, -0.2) is 4.57 Å². The molecule has 1 aromatic heterocycles. The second-order valence-corrected chi connectivity index (χ2v) is 10.0. The third kappa shape index (κ3) is 4.33. The highest BCUT2D eigenvalue weighted by Gasteiger charge is 2.29. The summed E-state index contributed by atoms with van der Waals surface area (Å²) >= 11 is 0. The molecular formula is C30H36N+. The van der Waals surface area contributed by atoms with Crippen LogP contribution in [0.25, 0.3) is 22.4 Å². The highest BCUT2D eigenvalue weighted by molar-refractivity contribution is 5.70. The minimum absolute atomic E-state index is 0.766. The molecule has 2 saturated carbocycles. The maximum absolute atomic E-state index is 2.40. The van der Waals surface area contributed by atoms with Crippen LogP contribution in [0.3, 0.4) is 0 Å². The van der Waals surface area contributed by atoms with Gasteiger partial charge in [0.25, 0.3) is 0 Å². The Balaban J connectivity index is 1.31. The number of nitrogens with zero attached hydrogens (tertiary/aromatic N) is 1. The maximum atomic E-state index is 2.40. The van der Waals surface area contributed by atoms with Crippen molar-refractivity contribution in [1.82, 2.24) is 0 Å². The van der Waals surface area contributed by atoms with Crippen LogP contribution < -0.4 is 4.57 Å². The Bertz CT molecular complexity index is 1020. The second kappa shape index (κ2) is 8.99. The third-order valence-corrected chi connectivity index (χ3v) is 8.12. The molecule has 1 heterocycles. The first-order valence-corrected chi connectivity index (χ1v) is 12.3. The molecule has 0 unspecified atom stereocenters. The van der Waals surface area contributed by atoms with E-state index < -0.39 is 0 Å². The summed E-state index contributed by atoms with van der Waals surface area (Å²) in [5.41, 5.74) is 8.06. The van der Waals surface area contributed by atoms with Crippen LogP contribution in [0.4, 0.5) is 0 Å². The zero-order valence-corrected chi connectivity index (χ0v) is 19.2. The minimum Gasteiger partial charge on any atom is -0.201 e. The molecule has 31 heavy (non-hydrogen) atoms. The number of aryl methyl sites for hydroxylation is 2. The lowest BCUT2D eigenvalue weighted by molar-refractivity contribution is -0.660. The van der Waals surface area contributed by atoms with Crippen molar-refractivity contribution in [3.8, 4) is 22.4 Å².